The summed E-state index contributed by atoms with van der Waals surface area (Å²) in [5.74, 6) is -1.01. The van der Waals surface area contributed by atoms with Crippen molar-refractivity contribution in [2.45, 2.75) is 31.5 Å². The average Bonchev–Trinajstić information content (AvgIpc) is 2.77. The van der Waals surface area contributed by atoms with Crippen molar-refractivity contribution in [1.29, 1.82) is 0 Å². The number of ether oxygens (including phenoxy) is 1. The number of nitrogens with one attached hydrogen (secondary N) is 1. The largest absolute Gasteiger partial charge is 0.468 e. The molecule has 1 N–H and O–H groups in total. The number of fused-ring (bicyclic) bond motifs is 1. The molecule has 9 heteroatoms. The fraction of sp³-hybridized carbons (Fsp3) is 0.261. The maximum Gasteiger partial charge on any atom is 0.422 e. The van der Waals surface area contributed by atoms with E-state index in [1.807, 2.05) is 18.2 Å². The monoisotopic (exact) mass is 445 g/mol. The van der Waals surface area contributed by atoms with Crippen LogP contribution < -0.4 is 10.1 Å². The Morgan fingerprint density at radius 3 is 2.69 bits per heavy atom. The number of hydrogen-bond acceptors (Lipinski definition) is 4. The van der Waals surface area contributed by atoms with Crippen LogP contribution in [0.2, 0.25) is 0 Å². The van der Waals surface area contributed by atoms with Gasteiger partial charge in [0.05, 0.1) is 11.8 Å². The van der Waals surface area contributed by atoms with Gasteiger partial charge >= 0.3 is 6.18 Å². The van der Waals surface area contributed by atoms with Crippen LogP contribution in [0, 0.1) is 5.82 Å². The summed E-state index contributed by atoms with van der Waals surface area (Å²) in [7, 11) is 0. The van der Waals surface area contributed by atoms with Crippen LogP contribution in [0.3, 0.4) is 0 Å². The predicted octanol–water partition coefficient (Wildman–Crippen LogP) is 4.51. The SMILES string of the molecule is O=C(N[C@@H]1CCc2cccc(-c3ccncc3F)c2C1)c1ccc(OCC(F)(F)F)nc1. The Labute approximate surface area is 181 Å². The summed E-state index contributed by atoms with van der Waals surface area (Å²) in [6.45, 7) is -1.45. The van der Waals surface area contributed by atoms with Gasteiger partial charge in [-0.15, -0.1) is 0 Å². The Morgan fingerprint density at radius 1 is 1.12 bits per heavy atom. The number of carbonyl (C=O) groups excluding carboxylic acids is 1. The quantitative estimate of drug-likeness (QED) is 0.587. The molecule has 0 saturated carbocycles. The van der Waals surface area contributed by atoms with E-state index < -0.39 is 18.6 Å². The van der Waals surface area contributed by atoms with Crippen LogP contribution >= 0.6 is 0 Å². The summed E-state index contributed by atoms with van der Waals surface area (Å²) in [4.78, 5) is 20.2. The van der Waals surface area contributed by atoms with Gasteiger partial charge in [-0.3, -0.25) is 9.78 Å². The Hall–Kier alpha value is -3.49. The summed E-state index contributed by atoms with van der Waals surface area (Å²) in [6, 6.07) is 9.78. The number of halogens is 4. The molecule has 1 aromatic carbocycles. The van der Waals surface area contributed by atoms with Gasteiger partial charge < -0.3 is 10.1 Å². The average molecular weight is 445 g/mol. The zero-order valence-corrected chi connectivity index (χ0v) is 16.8. The number of aryl methyl sites for hydroxylation is 1. The lowest BCUT2D eigenvalue weighted by atomic mass is 9.83. The van der Waals surface area contributed by atoms with Crippen LogP contribution in [0.5, 0.6) is 5.88 Å². The molecule has 32 heavy (non-hydrogen) atoms. The van der Waals surface area contributed by atoms with Crippen LogP contribution in [0.25, 0.3) is 11.1 Å². The van der Waals surface area contributed by atoms with Crippen LogP contribution in [0.4, 0.5) is 17.6 Å². The van der Waals surface area contributed by atoms with Gasteiger partial charge in [0.15, 0.2) is 6.61 Å². The Bertz CT molecular complexity index is 1120. The van der Waals surface area contributed by atoms with Crippen LogP contribution in [-0.4, -0.2) is 34.7 Å². The fourth-order valence-corrected chi connectivity index (χ4v) is 3.78. The highest BCUT2D eigenvalue weighted by molar-refractivity contribution is 5.94. The Kier molecular flexibility index (Phi) is 6.07. The van der Waals surface area contributed by atoms with Crippen molar-refractivity contribution in [3.63, 3.8) is 0 Å². The Balaban J connectivity index is 1.45. The third kappa shape index (κ3) is 5.04. The summed E-state index contributed by atoms with van der Waals surface area (Å²) in [5, 5.41) is 2.94. The van der Waals surface area contributed by atoms with Crippen LogP contribution in [0.1, 0.15) is 27.9 Å². The van der Waals surface area contributed by atoms with E-state index in [4.69, 9.17) is 0 Å². The smallest absolute Gasteiger partial charge is 0.422 e. The lowest BCUT2D eigenvalue weighted by Crippen LogP contribution is -2.39. The zero-order chi connectivity index (χ0) is 22.7. The van der Waals surface area contributed by atoms with E-state index >= 15 is 0 Å². The van der Waals surface area contributed by atoms with Gasteiger partial charge in [0.2, 0.25) is 5.88 Å². The first-order valence-electron chi connectivity index (χ1n) is 9.97. The lowest BCUT2D eigenvalue weighted by Gasteiger charge is -2.27. The van der Waals surface area contributed by atoms with E-state index in [1.165, 1.54) is 30.7 Å². The van der Waals surface area contributed by atoms with Gasteiger partial charge in [0.1, 0.15) is 5.82 Å². The molecule has 0 radical (unpaired) electrons. The van der Waals surface area contributed by atoms with E-state index in [0.717, 1.165) is 23.1 Å². The summed E-state index contributed by atoms with van der Waals surface area (Å²) in [5.41, 5.74) is 3.53. The highest BCUT2D eigenvalue weighted by Gasteiger charge is 2.29. The topological polar surface area (TPSA) is 64.1 Å². The number of rotatable bonds is 5. The number of nitrogens with zero attached hydrogens (tertiary/aromatic N) is 2. The van der Waals surface area contributed by atoms with Crippen molar-refractivity contribution in [3.05, 3.63) is 77.5 Å². The van der Waals surface area contributed by atoms with Gasteiger partial charge in [-0.25, -0.2) is 9.37 Å². The number of alkyl halides is 3. The highest BCUT2D eigenvalue weighted by Crippen LogP contribution is 2.33. The van der Waals surface area contributed by atoms with Crippen molar-refractivity contribution in [2.24, 2.45) is 0 Å². The number of hydrogen-bond donors (Lipinski definition) is 1. The molecule has 1 aliphatic carbocycles. The lowest BCUT2D eigenvalue weighted by molar-refractivity contribution is -0.154. The molecular weight excluding hydrogens is 426 g/mol. The standard InChI is InChI=1S/C23H19F4N3O2/c24-20-12-28-9-8-18(20)17-3-1-2-14-4-6-16(10-19(14)17)30-22(31)15-5-7-21(29-11-15)32-13-23(25,26)27/h1-3,5,7-9,11-12,16H,4,6,10,13H2,(H,30,31)/t16-/m1/s1. The minimum Gasteiger partial charge on any atom is -0.468 e. The van der Waals surface area contributed by atoms with E-state index in [2.05, 4.69) is 20.0 Å². The van der Waals surface area contributed by atoms with Crippen LogP contribution in [-0.2, 0) is 12.8 Å². The third-order valence-electron chi connectivity index (χ3n) is 5.27. The van der Waals surface area contributed by atoms with Gasteiger partial charge in [-0.1, -0.05) is 18.2 Å². The minimum atomic E-state index is -4.47. The molecule has 3 aromatic rings. The van der Waals surface area contributed by atoms with Crippen molar-refractivity contribution in [1.82, 2.24) is 15.3 Å². The summed E-state index contributed by atoms with van der Waals surface area (Å²) >= 11 is 0. The molecule has 4 rings (SSSR count). The summed E-state index contributed by atoms with van der Waals surface area (Å²) < 4.78 is 55.6. The molecule has 1 aliphatic rings. The third-order valence-corrected chi connectivity index (χ3v) is 5.27. The normalized spacial score (nSPS) is 15.7. The molecule has 1 atom stereocenters. The van der Waals surface area contributed by atoms with Gasteiger partial charge in [-0.2, -0.15) is 13.2 Å². The minimum absolute atomic E-state index is 0.179. The van der Waals surface area contributed by atoms with Crippen molar-refractivity contribution in [2.75, 3.05) is 6.61 Å². The molecule has 0 aliphatic heterocycles. The van der Waals surface area contributed by atoms with E-state index in [0.29, 0.717) is 18.4 Å². The van der Waals surface area contributed by atoms with Crippen molar-refractivity contribution in [3.8, 4) is 17.0 Å². The molecule has 2 heterocycles. The number of pyridine rings is 2. The highest BCUT2D eigenvalue weighted by atomic mass is 19.4. The molecule has 0 unspecified atom stereocenters. The molecule has 1 amide bonds. The molecule has 0 fully saturated rings. The number of aromatic nitrogens is 2. The maximum atomic E-state index is 14.3. The molecule has 5 nitrogen and oxygen atoms in total. The predicted molar refractivity (Wildman–Crippen MR) is 109 cm³/mol. The zero-order valence-electron chi connectivity index (χ0n) is 16.8. The number of carbonyl (C=O) groups is 1. The molecule has 0 spiro atoms. The Morgan fingerprint density at radius 2 is 1.97 bits per heavy atom. The van der Waals surface area contributed by atoms with E-state index in [9.17, 15) is 22.4 Å². The number of amides is 1. The second-order valence-electron chi connectivity index (χ2n) is 7.50. The van der Waals surface area contributed by atoms with E-state index in [1.54, 1.807) is 6.07 Å². The molecule has 2 aromatic heterocycles. The second-order valence-corrected chi connectivity index (χ2v) is 7.50. The second kappa shape index (κ2) is 8.94. The number of benzene rings is 1. The fourth-order valence-electron chi connectivity index (χ4n) is 3.78. The molecule has 0 bridgehead atoms. The van der Waals surface area contributed by atoms with Gasteiger partial charge in [0.25, 0.3) is 5.91 Å². The molecule has 166 valence electrons. The first-order chi connectivity index (χ1) is 15.3. The van der Waals surface area contributed by atoms with E-state index in [-0.39, 0.29) is 23.4 Å². The molecule has 0 saturated heterocycles. The summed E-state index contributed by atoms with van der Waals surface area (Å²) in [6.07, 6.45) is 1.38. The van der Waals surface area contributed by atoms with Crippen molar-refractivity contribution < 1.29 is 27.1 Å². The first-order valence-corrected chi connectivity index (χ1v) is 9.97. The van der Waals surface area contributed by atoms with Gasteiger partial charge in [-0.05, 0) is 48.1 Å². The molecular formula is C23H19F4N3O2. The first kappa shape index (κ1) is 21.7. The maximum absolute atomic E-state index is 14.3. The van der Waals surface area contributed by atoms with Crippen molar-refractivity contribution >= 4 is 5.91 Å². The van der Waals surface area contributed by atoms with Crippen LogP contribution in [0.15, 0.2) is 55.0 Å². The van der Waals surface area contributed by atoms with Gasteiger partial charge in [0, 0.05) is 30.1 Å².